The van der Waals surface area contributed by atoms with E-state index in [4.69, 9.17) is 4.74 Å². The number of aromatic amines is 1. The van der Waals surface area contributed by atoms with Crippen molar-refractivity contribution < 1.29 is 13.2 Å². The summed E-state index contributed by atoms with van der Waals surface area (Å²) in [5, 5.41) is 0.898. The van der Waals surface area contributed by atoms with Gasteiger partial charge in [-0.25, -0.2) is 13.1 Å². The molecule has 27 heavy (non-hydrogen) atoms. The third-order valence-corrected chi connectivity index (χ3v) is 5.92. The molecule has 142 valence electrons. The normalized spacial score (nSPS) is 11.7. The quantitative estimate of drug-likeness (QED) is 0.706. The van der Waals surface area contributed by atoms with Gasteiger partial charge < -0.3 is 9.72 Å². The van der Waals surface area contributed by atoms with Crippen LogP contribution in [0.25, 0.3) is 10.9 Å². The van der Waals surface area contributed by atoms with E-state index in [1.165, 1.54) is 13.2 Å². The first-order chi connectivity index (χ1) is 12.7. The summed E-state index contributed by atoms with van der Waals surface area (Å²) in [6.07, 6.45) is 0. The molecule has 0 aliphatic carbocycles. The van der Waals surface area contributed by atoms with Gasteiger partial charge in [-0.2, -0.15) is 0 Å². The summed E-state index contributed by atoms with van der Waals surface area (Å²) < 4.78 is 32.8. The molecule has 0 bridgehead atoms. The molecule has 3 aromatic rings. The molecule has 3 rings (SSSR count). The van der Waals surface area contributed by atoms with Gasteiger partial charge in [0.15, 0.2) is 0 Å². The zero-order valence-electron chi connectivity index (χ0n) is 15.7. The van der Waals surface area contributed by atoms with Gasteiger partial charge in [0.25, 0.3) is 5.56 Å². The molecule has 0 saturated carbocycles. The molecule has 0 radical (unpaired) electrons. The predicted octanol–water partition coefficient (Wildman–Crippen LogP) is 2.94. The van der Waals surface area contributed by atoms with Crippen LogP contribution in [-0.4, -0.2) is 20.5 Å². The van der Waals surface area contributed by atoms with Gasteiger partial charge in [-0.05, 0) is 67.8 Å². The Kier molecular flexibility index (Phi) is 5.08. The van der Waals surface area contributed by atoms with E-state index < -0.39 is 10.0 Å². The average molecular weight is 386 g/mol. The van der Waals surface area contributed by atoms with Crippen LogP contribution in [0.15, 0.2) is 46.1 Å². The summed E-state index contributed by atoms with van der Waals surface area (Å²) in [5.41, 5.74) is 3.60. The lowest BCUT2D eigenvalue weighted by atomic mass is 10.0. The van der Waals surface area contributed by atoms with Crippen LogP contribution < -0.4 is 15.0 Å². The van der Waals surface area contributed by atoms with Crippen LogP contribution >= 0.6 is 0 Å². The van der Waals surface area contributed by atoms with Crippen LogP contribution in [-0.2, 0) is 16.6 Å². The van der Waals surface area contributed by atoms with E-state index in [0.29, 0.717) is 11.3 Å². The molecule has 0 saturated heterocycles. The highest BCUT2D eigenvalue weighted by molar-refractivity contribution is 7.89. The Hall–Kier alpha value is -2.64. The maximum absolute atomic E-state index is 12.6. The average Bonchev–Trinajstić information content (AvgIpc) is 2.60. The highest BCUT2D eigenvalue weighted by atomic mass is 32.2. The van der Waals surface area contributed by atoms with Gasteiger partial charge in [0, 0.05) is 23.0 Å². The summed E-state index contributed by atoms with van der Waals surface area (Å²) in [7, 11) is -2.22. The summed E-state index contributed by atoms with van der Waals surface area (Å²) in [6.45, 7) is 5.61. The van der Waals surface area contributed by atoms with E-state index in [1.807, 2.05) is 26.0 Å². The van der Waals surface area contributed by atoms with Crippen molar-refractivity contribution >= 4 is 20.9 Å². The number of nitrogens with one attached hydrogen (secondary N) is 2. The Morgan fingerprint density at radius 3 is 2.44 bits per heavy atom. The second-order valence-corrected chi connectivity index (χ2v) is 8.39. The Bertz CT molecular complexity index is 1180. The fourth-order valence-electron chi connectivity index (χ4n) is 3.12. The number of sulfonamides is 1. The van der Waals surface area contributed by atoms with Crippen molar-refractivity contribution in [3.8, 4) is 5.75 Å². The Morgan fingerprint density at radius 2 is 1.78 bits per heavy atom. The number of methoxy groups -OCH3 is 1. The molecule has 0 unspecified atom stereocenters. The van der Waals surface area contributed by atoms with Crippen LogP contribution in [0.1, 0.15) is 22.3 Å². The molecule has 0 aliphatic rings. The predicted molar refractivity (Wildman–Crippen MR) is 106 cm³/mol. The van der Waals surface area contributed by atoms with Crippen LogP contribution in [0.3, 0.4) is 0 Å². The molecule has 0 amide bonds. The van der Waals surface area contributed by atoms with Crippen molar-refractivity contribution in [1.29, 1.82) is 0 Å². The first-order valence-corrected chi connectivity index (χ1v) is 9.97. The molecule has 0 spiro atoms. The largest absolute Gasteiger partial charge is 0.496 e. The van der Waals surface area contributed by atoms with Gasteiger partial charge in [0.2, 0.25) is 10.0 Å². The molecule has 0 atom stereocenters. The van der Waals surface area contributed by atoms with Gasteiger partial charge in [-0.1, -0.05) is 6.07 Å². The fraction of sp³-hybridized carbons (Fsp3) is 0.250. The molecule has 2 aromatic carbocycles. The molecule has 0 aliphatic heterocycles. The van der Waals surface area contributed by atoms with Crippen molar-refractivity contribution in [3.63, 3.8) is 0 Å². The van der Waals surface area contributed by atoms with Crippen LogP contribution in [0, 0.1) is 20.8 Å². The summed E-state index contributed by atoms with van der Waals surface area (Å²) in [4.78, 5) is 15.3. The zero-order valence-corrected chi connectivity index (χ0v) is 16.5. The van der Waals surface area contributed by atoms with Crippen LogP contribution in [0.5, 0.6) is 5.75 Å². The second kappa shape index (κ2) is 7.17. The second-order valence-electron chi connectivity index (χ2n) is 6.62. The Morgan fingerprint density at radius 1 is 1.04 bits per heavy atom. The number of H-pyrrole nitrogens is 1. The summed E-state index contributed by atoms with van der Waals surface area (Å²) >= 11 is 0. The van der Waals surface area contributed by atoms with E-state index in [-0.39, 0.29) is 17.0 Å². The lowest BCUT2D eigenvalue weighted by Gasteiger charge is -2.11. The third kappa shape index (κ3) is 3.89. The third-order valence-electron chi connectivity index (χ3n) is 4.52. The summed E-state index contributed by atoms with van der Waals surface area (Å²) in [5.74, 6) is 0.616. The monoisotopic (exact) mass is 386 g/mol. The van der Waals surface area contributed by atoms with Crippen molar-refractivity contribution in [1.82, 2.24) is 9.71 Å². The Labute approximate surface area is 158 Å². The smallest absolute Gasteiger partial charge is 0.252 e. The maximum atomic E-state index is 12.6. The molecule has 6 nitrogen and oxygen atoms in total. The molecule has 0 fully saturated rings. The summed E-state index contributed by atoms with van der Waals surface area (Å²) in [6, 6.07) is 10.3. The van der Waals surface area contributed by atoms with Crippen molar-refractivity contribution in [2.45, 2.75) is 32.2 Å². The Balaban J connectivity index is 1.90. The van der Waals surface area contributed by atoms with Crippen molar-refractivity contribution in [2.24, 2.45) is 0 Å². The highest BCUT2D eigenvalue weighted by Crippen LogP contribution is 2.22. The first kappa shape index (κ1) is 19.1. The van der Waals surface area contributed by atoms with Gasteiger partial charge in [-0.15, -0.1) is 0 Å². The number of fused-ring (bicyclic) bond motifs is 1. The van der Waals surface area contributed by atoms with E-state index in [1.54, 1.807) is 25.1 Å². The number of hydrogen-bond donors (Lipinski definition) is 2. The number of aryl methyl sites for hydroxylation is 3. The number of pyridine rings is 1. The standard InChI is InChI=1S/C20H22N2O4S/c1-12-7-13(2)17-10-15(20(23)22-18(17)8-12)11-21-27(24,25)16-5-6-19(26-4)14(3)9-16/h5-10,21H,11H2,1-4H3,(H,22,23). The number of rotatable bonds is 5. The number of ether oxygens (including phenoxy) is 1. The number of hydrogen-bond acceptors (Lipinski definition) is 4. The zero-order chi connectivity index (χ0) is 19.8. The van der Waals surface area contributed by atoms with Crippen molar-refractivity contribution in [3.05, 3.63) is 69.0 Å². The number of aromatic nitrogens is 1. The highest BCUT2D eigenvalue weighted by Gasteiger charge is 2.16. The van der Waals surface area contributed by atoms with Gasteiger partial charge >= 0.3 is 0 Å². The minimum absolute atomic E-state index is 0.0913. The van der Waals surface area contributed by atoms with Crippen LogP contribution in [0.2, 0.25) is 0 Å². The van der Waals surface area contributed by atoms with E-state index in [9.17, 15) is 13.2 Å². The SMILES string of the molecule is COc1ccc(S(=O)(=O)NCc2cc3c(C)cc(C)cc3[nH]c2=O)cc1C. The lowest BCUT2D eigenvalue weighted by Crippen LogP contribution is -2.27. The van der Waals surface area contributed by atoms with Gasteiger partial charge in [0.1, 0.15) is 5.75 Å². The van der Waals surface area contributed by atoms with Crippen molar-refractivity contribution in [2.75, 3.05) is 7.11 Å². The molecule has 2 N–H and O–H groups in total. The van der Waals surface area contributed by atoms with E-state index in [0.717, 1.165) is 27.6 Å². The van der Waals surface area contributed by atoms with Gasteiger partial charge in [-0.3, -0.25) is 4.79 Å². The molecule has 7 heteroatoms. The minimum Gasteiger partial charge on any atom is -0.496 e. The molecule has 1 heterocycles. The molecular weight excluding hydrogens is 364 g/mol. The number of benzene rings is 2. The lowest BCUT2D eigenvalue weighted by molar-refractivity contribution is 0.411. The first-order valence-electron chi connectivity index (χ1n) is 8.49. The fourth-order valence-corrected chi connectivity index (χ4v) is 4.21. The molecular formula is C20H22N2O4S. The minimum atomic E-state index is -3.75. The maximum Gasteiger partial charge on any atom is 0.252 e. The van der Waals surface area contributed by atoms with Gasteiger partial charge in [0.05, 0.1) is 12.0 Å². The van der Waals surface area contributed by atoms with E-state index >= 15 is 0 Å². The van der Waals surface area contributed by atoms with Crippen LogP contribution in [0.4, 0.5) is 0 Å². The topological polar surface area (TPSA) is 88.3 Å². The molecule has 1 aromatic heterocycles. The van der Waals surface area contributed by atoms with E-state index in [2.05, 4.69) is 9.71 Å².